The number of carbonyl (C=O) groups excluding carboxylic acids is 2. The van der Waals surface area contributed by atoms with E-state index >= 15 is 0 Å². The standard InChI is InChI=1S/C10H18N2O2/c1-10(2)7-8(13)12(9(10)14)6-4-5-11-3/h11H,4-7H2,1-3H3. The number of imide groups is 1. The average molecular weight is 198 g/mol. The molecule has 14 heavy (non-hydrogen) atoms. The van der Waals surface area contributed by atoms with Crippen molar-refractivity contribution >= 4 is 11.8 Å². The number of hydrogen-bond acceptors (Lipinski definition) is 3. The lowest BCUT2D eigenvalue weighted by molar-refractivity contribution is -0.140. The maximum atomic E-state index is 11.7. The van der Waals surface area contributed by atoms with Crippen molar-refractivity contribution in [2.24, 2.45) is 5.41 Å². The summed E-state index contributed by atoms with van der Waals surface area (Å²) in [5.74, 6) is -0.0605. The largest absolute Gasteiger partial charge is 0.320 e. The highest BCUT2D eigenvalue weighted by molar-refractivity contribution is 6.05. The maximum Gasteiger partial charge on any atom is 0.235 e. The van der Waals surface area contributed by atoms with E-state index in [0.717, 1.165) is 13.0 Å². The predicted octanol–water partition coefficient (Wildman–Crippen LogP) is 0.381. The second kappa shape index (κ2) is 4.09. The first-order chi connectivity index (χ1) is 6.49. The van der Waals surface area contributed by atoms with Crippen molar-refractivity contribution in [2.75, 3.05) is 20.1 Å². The number of rotatable bonds is 4. The molecule has 0 spiro atoms. The van der Waals surface area contributed by atoms with Crippen molar-refractivity contribution in [3.63, 3.8) is 0 Å². The highest BCUT2D eigenvalue weighted by atomic mass is 16.2. The zero-order chi connectivity index (χ0) is 10.8. The van der Waals surface area contributed by atoms with E-state index in [2.05, 4.69) is 5.32 Å². The van der Waals surface area contributed by atoms with Crippen molar-refractivity contribution in [2.45, 2.75) is 26.7 Å². The van der Waals surface area contributed by atoms with E-state index in [-0.39, 0.29) is 11.8 Å². The van der Waals surface area contributed by atoms with Crippen molar-refractivity contribution in [1.29, 1.82) is 0 Å². The summed E-state index contributed by atoms with van der Waals surface area (Å²) in [5.41, 5.74) is -0.489. The average Bonchev–Trinajstić information content (AvgIpc) is 2.27. The number of nitrogens with zero attached hydrogens (tertiary/aromatic N) is 1. The van der Waals surface area contributed by atoms with Gasteiger partial charge >= 0.3 is 0 Å². The molecule has 1 fully saturated rings. The van der Waals surface area contributed by atoms with Crippen molar-refractivity contribution in [3.8, 4) is 0 Å². The topological polar surface area (TPSA) is 49.4 Å². The van der Waals surface area contributed by atoms with E-state index in [0.29, 0.717) is 13.0 Å². The molecule has 1 aliphatic heterocycles. The lowest BCUT2D eigenvalue weighted by Crippen LogP contribution is -2.34. The number of hydrogen-bond donors (Lipinski definition) is 1. The molecule has 1 N–H and O–H groups in total. The molecule has 0 aromatic carbocycles. The fourth-order valence-electron chi connectivity index (χ4n) is 1.67. The van der Waals surface area contributed by atoms with Crippen LogP contribution in [0.3, 0.4) is 0 Å². The Kier molecular flexibility index (Phi) is 3.26. The maximum absolute atomic E-state index is 11.7. The first-order valence-electron chi connectivity index (χ1n) is 4.98. The second-order valence-electron chi connectivity index (χ2n) is 4.37. The molecule has 0 bridgehead atoms. The first-order valence-corrected chi connectivity index (χ1v) is 4.98. The van der Waals surface area contributed by atoms with Crippen LogP contribution in [0.15, 0.2) is 0 Å². The molecule has 0 aromatic heterocycles. The van der Waals surface area contributed by atoms with Crippen LogP contribution < -0.4 is 5.32 Å². The van der Waals surface area contributed by atoms with Gasteiger partial charge in [-0.1, -0.05) is 13.8 Å². The molecule has 0 aliphatic carbocycles. The Morgan fingerprint density at radius 3 is 2.50 bits per heavy atom. The second-order valence-corrected chi connectivity index (χ2v) is 4.37. The van der Waals surface area contributed by atoms with E-state index < -0.39 is 5.41 Å². The Balaban J connectivity index is 2.53. The molecule has 0 saturated carbocycles. The minimum Gasteiger partial charge on any atom is -0.320 e. The van der Waals surface area contributed by atoms with Crippen LogP contribution in [0.5, 0.6) is 0 Å². The highest BCUT2D eigenvalue weighted by Crippen LogP contribution is 2.31. The molecule has 80 valence electrons. The van der Waals surface area contributed by atoms with Crippen molar-refractivity contribution < 1.29 is 9.59 Å². The monoisotopic (exact) mass is 198 g/mol. The zero-order valence-corrected chi connectivity index (χ0v) is 9.09. The van der Waals surface area contributed by atoms with Crippen LogP contribution >= 0.6 is 0 Å². The number of amides is 2. The normalized spacial score (nSPS) is 20.6. The Morgan fingerprint density at radius 1 is 1.43 bits per heavy atom. The van der Waals surface area contributed by atoms with Gasteiger partial charge in [0.2, 0.25) is 11.8 Å². The van der Waals surface area contributed by atoms with E-state index in [4.69, 9.17) is 0 Å². The molecule has 0 aromatic rings. The van der Waals surface area contributed by atoms with Gasteiger partial charge in [0, 0.05) is 13.0 Å². The fourth-order valence-corrected chi connectivity index (χ4v) is 1.67. The minimum atomic E-state index is -0.489. The molecular formula is C10H18N2O2. The lowest BCUT2D eigenvalue weighted by atomic mass is 9.92. The molecule has 0 radical (unpaired) electrons. The fraction of sp³-hybridized carbons (Fsp3) is 0.800. The minimum absolute atomic E-state index is 0.0291. The number of carbonyl (C=O) groups is 2. The van der Waals surface area contributed by atoms with Gasteiger partial charge in [0.15, 0.2) is 0 Å². The van der Waals surface area contributed by atoms with Gasteiger partial charge in [0.25, 0.3) is 0 Å². The van der Waals surface area contributed by atoms with Gasteiger partial charge in [-0.3, -0.25) is 14.5 Å². The summed E-state index contributed by atoms with van der Waals surface area (Å²) >= 11 is 0. The van der Waals surface area contributed by atoms with Gasteiger partial charge in [0.05, 0.1) is 5.41 Å². The van der Waals surface area contributed by atoms with Crippen LogP contribution in [0.1, 0.15) is 26.7 Å². The Bertz CT molecular complexity index is 249. The van der Waals surface area contributed by atoms with Gasteiger partial charge in [-0.15, -0.1) is 0 Å². The third kappa shape index (κ3) is 2.12. The Hall–Kier alpha value is -0.900. The molecule has 1 saturated heterocycles. The summed E-state index contributed by atoms with van der Waals surface area (Å²) in [4.78, 5) is 24.6. The van der Waals surface area contributed by atoms with Crippen molar-refractivity contribution in [3.05, 3.63) is 0 Å². The first kappa shape index (κ1) is 11.2. The summed E-state index contributed by atoms with van der Waals surface area (Å²) < 4.78 is 0. The molecule has 4 heteroatoms. The summed E-state index contributed by atoms with van der Waals surface area (Å²) in [7, 11) is 1.86. The van der Waals surface area contributed by atoms with E-state index in [1.54, 1.807) is 0 Å². The van der Waals surface area contributed by atoms with Gasteiger partial charge in [-0.05, 0) is 20.0 Å². The van der Waals surface area contributed by atoms with Crippen LogP contribution in [0.25, 0.3) is 0 Å². The summed E-state index contributed by atoms with van der Waals surface area (Å²) in [6, 6.07) is 0. The summed E-state index contributed by atoms with van der Waals surface area (Å²) in [5, 5.41) is 2.99. The van der Waals surface area contributed by atoms with Gasteiger partial charge in [0.1, 0.15) is 0 Å². The molecule has 4 nitrogen and oxygen atoms in total. The van der Waals surface area contributed by atoms with Gasteiger partial charge in [-0.2, -0.15) is 0 Å². The van der Waals surface area contributed by atoms with Crippen molar-refractivity contribution in [1.82, 2.24) is 10.2 Å². The van der Waals surface area contributed by atoms with Crippen LogP contribution in [-0.2, 0) is 9.59 Å². The smallest absolute Gasteiger partial charge is 0.235 e. The molecule has 0 unspecified atom stereocenters. The van der Waals surface area contributed by atoms with Crippen LogP contribution in [0.4, 0.5) is 0 Å². The molecule has 1 heterocycles. The Morgan fingerprint density at radius 2 is 2.07 bits per heavy atom. The molecule has 1 rings (SSSR count). The summed E-state index contributed by atoms with van der Waals surface area (Å²) in [6.07, 6.45) is 1.18. The quantitative estimate of drug-likeness (QED) is 0.525. The van der Waals surface area contributed by atoms with Crippen LogP contribution in [0.2, 0.25) is 0 Å². The van der Waals surface area contributed by atoms with E-state index in [1.165, 1.54) is 4.90 Å². The third-order valence-electron chi connectivity index (χ3n) is 2.53. The molecule has 1 aliphatic rings. The summed E-state index contributed by atoms with van der Waals surface area (Å²) in [6.45, 7) is 5.02. The van der Waals surface area contributed by atoms with E-state index in [1.807, 2.05) is 20.9 Å². The lowest BCUT2D eigenvalue weighted by Gasteiger charge is -2.17. The molecule has 2 amide bonds. The van der Waals surface area contributed by atoms with E-state index in [9.17, 15) is 9.59 Å². The van der Waals surface area contributed by atoms with Gasteiger partial charge < -0.3 is 5.32 Å². The number of likely N-dealkylation sites (tertiary alicyclic amines) is 1. The SMILES string of the molecule is CNCCCN1C(=O)CC(C)(C)C1=O. The number of nitrogens with one attached hydrogen (secondary N) is 1. The molecular weight excluding hydrogens is 180 g/mol. The van der Waals surface area contributed by atoms with Crippen LogP contribution in [0, 0.1) is 5.41 Å². The Labute approximate surface area is 84.7 Å². The van der Waals surface area contributed by atoms with Gasteiger partial charge in [-0.25, -0.2) is 0 Å². The highest BCUT2D eigenvalue weighted by Gasteiger charge is 2.44. The third-order valence-corrected chi connectivity index (χ3v) is 2.53. The molecule has 0 atom stereocenters. The van der Waals surface area contributed by atoms with Crippen LogP contribution in [-0.4, -0.2) is 36.9 Å². The predicted molar refractivity (Wildman–Crippen MR) is 53.7 cm³/mol. The zero-order valence-electron chi connectivity index (χ0n) is 9.09.